The van der Waals surface area contributed by atoms with Gasteiger partial charge in [-0.2, -0.15) is 0 Å². The molecule has 0 aliphatic carbocycles. The molecule has 0 fully saturated rings. The molecule has 2 heterocycles. The highest BCUT2D eigenvalue weighted by Crippen LogP contribution is 2.32. The van der Waals surface area contributed by atoms with Crippen LogP contribution in [0.2, 0.25) is 5.15 Å². The molecule has 0 atom stereocenters. The van der Waals surface area contributed by atoms with E-state index in [2.05, 4.69) is 20.2 Å². The summed E-state index contributed by atoms with van der Waals surface area (Å²) in [6.07, 6.45) is 0. The van der Waals surface area contributed by atoms with Crippen LogP contribution < -0.4 is 11.5 Å². The molecule has 0 saturated heterocycles. The first-order valence-corrected chi connectivity index (χ1v) is 6.82. The van der Waals surface area contributed by atoms with Crippen molar-refractivity contribution in [1.29, 1.82) is 0 Å². The van der Waals surface area contributed by atoms with Crippen molar-refractivity contribution in [2.45, 2.75) is 10.2 Å². The molecule has 0 bridgehead atoms. The van der Waals surface area contributed by atoms with Gasteiger partial charge in [0.25, 0.3) is 0 Å². The van der Waals surface area contributed by atoms with Gasteiger partial charge in [-0.15, -0.1) is 10.2 Å². The Labute approximate surface area is 123 Å². The smallest absolute Gasteiger partial charge is 0.197 e. The van der Waals surface area contributed by atoms with Crippen LogP contribution in [-0.2, 0) is 0 Å². The molecule has 0 aliphatic heterocycles. The summed E-state index contributed by atoms with van der Waals surface area (Å²) in [7, 11) is 0. The normalized spacial score (nSPS) is 10.8. The molecule has 3 aromatic rings. The number of benzene rings is 1. The van der Waals surface area contributed by atoms with Gasteiger partial charge in [0.05, 0.1) is 0 Å². The molecule has 20 heavy (non-hydrogen) atoms. The van der Waals surface area contributed by atoms with Gasteiger partial charge >= 0.3 is 0 Å². The van der Waals surface area contributed by atoms with Crippen molar-refractivity contribution < 1.29 is 0 Å². The van der Waals surface area contributed by atoms with Crippen molar-refractivity contribution in [3.05, 3.63) is 35.5 Å². The van der Waals surface area contributed by atoms with E-state index in [0.717, 1.165) is 10.8 Å². The zero-order valence-electron chi connectivity index (χ0n) is 10.1. The van der Waals surface area contributed by atoms with E-state index in [0.29, 0.717) is 27.0 Å². The lowest BCUT2D eigenvalue weighted by Crippen LogP contribution is -1.99. The van der Waals surface area contributed by atoms with Gasteiger partial charge in [-0.05, 0) is 11.8 Å². The fourth-order valence-corrected chi connectivity index (χ4v) is 2.76. The number of rotatable bonds is 2. The number of hydrogen-bond acceptors (Lipinski definition) is 7. The minimum Gasteiger partial charge on any atom is -0.383 e. The average Bonchev–Trinajstić information content (AvgIpc) is 2.41. The van der Waals surface area contributed by atoms with Crippen LogP contribution in [0.25, 0.3) is 10.8 Å². The van der Waals surface area contributed by atoms with E-state index >= 15 is 0 Å². The van der Waals surface area contributed by atoms with Crippen LogP contribution in [0.15, 0.2) is 40.5 Å². The highest BCUT2D eigenvalue weighted by atomic mass is 35.5. The predicted molar refractivity (Wildman–Crippen MR) is 79.5 cm³/mol. The van der Waals surface area contributed by atoms with Crippen LogP contribution in [-0.4, -0.2) is 20.2 Å². The highest BCUT2D eigenvalue weighted by molar-refractivity contribution is 7.99. The SMILES string of the molecule is Nc1cc(N)nc(Sc2nnc(Cl)c3ccccc23)n1. The Morgan fingerprint density at radius 1 is 0.950 bits per heavy atom. The van der Waals surface area contributed by atoms with E-state index in [1.807, 2.05) is 24.3 Å². The monoisotopic (exact) mass is 304 g/mol. The lowest BCUT2D eigenvalue weighted by Gasteiger charge is -2.05. The standard InChI is InChI=1S/C12H9ClN6S/c13-10-6-3-1-2-4-7(6)11(19-18-10)20-12-16-8(14)5-9(15)17-12/h1-5H,(H4,14,15,16,17). The summed E-state index contributed by atoms with van der Waals surface area (Å²) in [5, 5.41) is 11.1. The molecule has 0 spiro atoms. The molecule has 1 aromatic carbocycles. The number of fused-ring (bicyclic) bond motifs is 1. The van der Waals surface area contributed by atoms with E-state index < -0.39 is 0 Å². The first kappa shape index (κ1) is 12.9. The fourth-order valence-electron chi connectivity index (χ4n) is 1.72. The molecule has 3 rings (SSSR count). The van der Waals surface area contributed by atoms with Gasteiger partial charge in [-0.25, -0.2) is 9.97 Å². The Bertz CT molecular complexity index is 774. The summed E-state index contributed by atoms with van der Waals surface area (Å²) in [6.45, 7) is 0. The van der Waals surface area contributed by atoms with Crippen molar-refractivity contribution >= 4 is 45.8 Å². The molecule has 0 amide bonds. The maximum atomic E-state index is 6.03. The number of anilines is 2. The van der Waals surface area contributed by atoms with Crippen LogP contribution in [0.5, 0.6) is 0 Å². The van der Waals surface area contributed by atoms with Gasteiger partial charge in [0, 0.05) is 16.8 Å². The second kappa shape index (κ2) is 5.10. The van der Waals surface area contributed by atoms with Crippen LogP contribution in [0.3, 0.4) is 0 Å². The largest absolute Gasteiger partial charge is 0.383 e. The molecule has 8 heteroatoms. The molecule has 0 aliphatic rings. The summed E-state index contributed by atoms with van der Waals surface area (Å²) in [5.74, 6) is 0.623. The van der Waals surface area contributed by atoms with Gasteiger partial charge in [0.15, 0.2) is 10.3 Å². The summed E-state index contributed by atoms with van der Waals surface area (Å²) in [6, 6.07) is 9.08. The van der Waals surface area contributed by atoms with Crippen molar-refractivity contribution in [2.24, 2.45) is 0 Å². The van der Waals surface area contributed by atoms with E-state index in [1.165, 1.54) is 17.8 Å². The predicted octanol–water partition coefficient (Wildman–Crippen LogP) is 2.39. The minimum absolute atomic E-state index is 0.311. The Morgan fingerprint density at radius 2 is 1.60 bits per heavy atom. The quantitative estimate of drug-likeness (QED) is 0.700. The molecule has 0 radical (unpaired) electrons. The number of hydrogen-bond donors (Lipinski definition) is 2. The number of aromatic nitrogens is 4. The fraction of sp³-hybridized carbons (Fsp3) is 0. The van der Waals surface area contributed by atoms with E-state index in [4.69, 9.17) is 23.1 Å². The maximum absolute atomic E-state index is 6.03. The first-order chi connectivity index (χ1) is 9.63. The van der Waals surface area contributed by atoms with Crippen LogP contribution >= 0.6 is 23.4 Å². The van der Waals surface area contributed by atoms with Gasteiger partial charge < -0.3 is 11.5 Å². The third kappa shape index (κ3) is 2.45. The van der Waals surface area contributed by atoms with E-state index in [9.17, 15) is 0 Å². The summed E-state index contributed by atoms with van der Waals surface area (Å²) < 4.78 is 0. The highest BCUT2D eigenvalue weighted by Gasteiger charge is 2.11. The zero-order valence-corrected chi connectivity index (χ0v) is 11.7. The number of nitrogens with zero attached hydrogens (tertiary/aromatic N) is 4. The molecular weight excluding hydrogens is 296 g/mol. The molecule has 100 valence electrons. The Morgan fingerprint density at radius 3 is 2.30 bits per heavy atom. The lowest BCUT2D eigenvalue weighted by atomic mass is 10.2. The number of nitrogens with two attached hydrogens (primary N) is 2. The minimum atomic E-state index is 0.311. The van der Waals surface area contributed by atoms with Gasteiger partial charge in [0.1, 0.15) is 16.7 Å². The zero-order chi connectivity index (χ0) is 14.1. The summed E-state index contributed by atoms with van der Waals surface area (Å²) >= 11 is 7.27. The summed E-state index contributed by atoms with van der Waals surface area (Å²) in [4.78, 5) is 8.21. The topological polar surface area (TPSA) is 104 Å². The maximum Gasteiger partial charge on any atom is 0.197 e. The molecule has 6 nitrogen and oxygen atoms in total. The van der Waals surface area contributed by atoms with E-state index in [-0.39, 0.29) is 0 Å². The average molecular weight is 305 g/mol. The summed E-state index contributed by atoms with van der Waals surface area (Å²) in [5.41, 5.74) is 11.3. The molecular formula is C12H9ClN6S. The van der Waals surface area contributed by atoms with Crippen LogP contribution in [0, 0.1) is 0 Å². The molecule has 2 aromatic heterocycles. The number of halogens is 1. The van der Waals surface area contributed by atoms with Crippen LogP contribution in [0.4, 0.5) is 11.6 Å². The van der Waals surface area contributed by atoms with Crippen molar-refractivity contribution in [1.82, 2.24) is 20.2 Å². The first-order valence-electron chi connectivity index (χ1n) is 5.62. The molecule has 0 saturated carbocycles. The van der Waals surface area contributed by atoms with Gasteiger partial charge in [-0.1, -0.05) is 35.9 Å². The van der Waals surface area contributed by atoms with Gasteiger partial charge in [-0.3, -0.25) is 0 Å². The molecule has 0 unspecified atom stereocenters. The van der Waals surface area contributed by atoms with Crippen LogP contribution in [0.1, 0.15) is 0 Å². The second-order valence-electron chi connectivity index (χ2n) is 3.94. The molecule has 4 N–H and O–H groups in total. The number of nitrogen functional groups attached to an aromatic ring is 2. The third-order valence-corrected chi connectivity index (χ3v) is 3.68. The van der Waals surface area contributed by atoms with E-state index in [1.54, 1.807) is 0 Å². The van der Waals surface area contributed by atoms with Crippen molar-refractivity contribution in [3.8, 4) is 0 Å². The Kier molecular flexibility index (Phi) is 3.29. The Balaban J connectivity index is 2.09. The van der Waals surface area contributed by atoms with Crippen molar-refractivity contribution in [2.75, 3.05) is 11.5 Å². The van der Waals surface area contributed by atoms with Crippen molar-refractivity contribution in [3.63, 3.8) is 0 Å². The third-order valence-electron chi connectivity index (χ3n) is 2.54. The Hall–Kier alpha value is -2.12. The second-order valence-corrected chi connectivity index (χ2v) is 5.26. The van der Waals surface area contributed by atoms with Gasteiger partial charge in [0.2, 0.25) is 0 Å². The lowest BCUT2D eigenvalue weighted by molar-refractivity contribution is 0.937.